The molecule has 0 aromatic heterocycles. The molecule has 0 saturated carbocycles. The van der Waals surface area contributed by atoms with Crippen LogP contribution in [0.1, 0.15) is 24.9 Å². The number of rotatable bonds is 5. The van der Waals surface area contributed by atoms with E-state index in [-0.39, 0.29) is 17.7 Å². The predicted octanol–water partition coefficient (Wildman–Crippen LogP) is 2.51. The van der Waals surface area contributed by atoms with E-state index in [0.717, 1.165) is 12.1 Å². The second kappa shape index (κ2) is 6.05. The lowest BCUT2D eigenvalue weighted by Crippen LogP contribution is -2.20. The van der Waals surface area contributed by atoms with Gasteiger partial charge in [0, 0.05) is 12.6 Å². The van der Waals surface area contributed by atoms with E-state index < -0.39 is 5.82 Å². The molecular weight excluding hydrogens is 217 g/mol. The Morgan fingerprint density at radius 3 is 2.87 bits per heavy atom. The van der Waals surface area contributed by atoms with Gasteiger partial charge in [-0.05, 0) is 37.6 Å². The maximum atomic E-state index is 12.9. The molecule has 0 saturated heterocycles. The fourth-order valence-corrected chi connectivity index (χ4v) is 1.49. The molecule has 0 aliphatic carbocycles. The van der Waals surface area contributed by atoms with Crippen LogP contribution < -0.4 is 5.32 Å². The summed E-state index contributed by atoms with van der Waals surface area (Å²) in [5.74, 6) is -0.400. The third kappa shape index (κ3) is 3.78. The van der Waals surface area contributed by atoms with Crippen molar-refractivity contribution in [2.45, 2.75) is 19.4 Å². The first-order valence-electron chi connectivity index (χ1n) is 4.94. The lowest BCUT2D eigenvalue weighted by atomic mass is 10.1. The van der Waals surface area contributed by atoms with E-state index in [2.05, 4.69) is 5.32 Å². The smallest absolute Gasteiger partial charge is 0.141 e. The van der Waals surface area contributed by atoms with E-state index in [0.29, 0.717) is 6.42 Å². The average Bonchev–Trinajstić information content (AvgIpc) is 2.22. The summed E-state index contributed by atoms with van der Waals surface area (Å²) >= 11 is 5.68. The van der Waals surface area contributed by atoms with Gasteiger partial charge in [-0.1, -0.05) is 17.7 Å². The second-order valence-electron chi connectivity index (χ2n) is 3.43. The fourth-order valence-electron chi connectivity index (χ4n) is 1.30. The Morgan fingerprint density at radius 1 is 1.53 bits per heavy atom. The van der Waals surface area contributed by atoms with E-state index in [1.807, 2.05) is 6.92 Å². The normalized spacial score (nSPS) is 12.8. The zero-order chi connectivity index (χ0) is 11.3. The Bertz CT molecular complexity index is 319. The maximum absolute atomic E-state index is 12.9. The van der Waals surface area contributed by atoms with Crippen LogP contribution in [0.15, 0.2) is 18.2 Å². The molecule has 1 unspecified atom stereocenters. The lowest BCUT2D eigenvalue weighted by molar-refractivity contribution is 0.284. The number of hydrogen-bond donors (Lipinski definition) is 2. The molecule has 0 radical (unpaired) electrons. The van der Waals surface area contributed by atoms with Crippen molar-refractivity contribution in [1.29, 1.82) is 0 Å². The van der Waals surface area contributed by atoms with Gasteiger partial charge in [0.2, 0.25) is 0 Å². The fraction of sp³-hybridized carbons (Fsp3) is 0.455. The summed E-state index contributed by atoms with van der Waals surface area (Å²) in [4.78, 5) is 0. The maximum Gasteiger partial charge on any atom is 0.141 e. The zero-order valence-corrected chi connectivity index (χ0v) is 9.39. The average molecular weight is 232 g/mol. The van der Waals surface area contributed by atoms with E-state index >= 15 is 0 Å². The second-order valence-corrected chi connectivity index (χ2v) is 3.83. The molecule has 0 amide bonds. The molecule has 84 valence electrons. The van der Waals surface area contributed by atoms with Crippen LogP contribution in [0.3, 0.4) is 0 Å². The number of aliphatic hydroxyl groups is 1. The first-order valence-corrected chi connectivity index (χ1v) is 5.32. The lowest BCUT2D eigenvalue weighted by Gasteiger charge is -2.14. The van der Waals surface area contributed by atoms with Crippen molar-refractivity contribution < 1.29 is 9.50 Å². The monoisotopic (exact) mass is 231 g/mol. The molecule has 0 aliphatic rings. The molecular formula is C11H15ClFNO. The standard InChI is InChI=1S/C11H15ClFNO/c1-8(14-5-2-6-15)9-3-4-11(13)10(12)7-9/h3-4,7-8,14-15H,2,5-6H2,1H3. The molecule has 0 fully saturated rings. The van der Waals surface area contributed by atoms with Crippen LogP contribution in [0.2, 0.25) is 5.02 Å². The molecule has 0 heterocycles. The first-order chi connectivity index (χ1) is 7.15. The highest BCUT2D eigenvalue weighted by atomic mass is 35.5. The van der Waals surface area contributed by atoms with E-state index in [4.69, 9.17) is 16.7 Å². The predicted molar refractivity (Wildman–Crippen MR) is 59.5 cm³/mol. The minimum Gasteiger partial charge on any atom is -0.396 e. The van der Waals surface area contributed by atoms with Gasteiger partial charge in [-0.25, -0.2) is 4.39 Å². The van der Waals surface area contributed by atoms with Crippen LogP contribution in [0.25, 0.3) is 0 Å². The third-order valence-corrected chi connectivity index (χ3v) is 2.52. The van der Waals surface area contributed by atoms with Crippen molar-refractivity contribution in [3.05, 3.63) is 34.6 Å². The molecule has 1 rings (SSSR count). The SMILES string of the molecule is CC(NCCCO)c1ccc(F)c(Cl)c1. The Kier molecular flexibility index (Phi) is 5.02. The molecule has 4 heteroatoms. The zero-order valence-electron chi connectivity index (χ0n) is 8.63. The Hall–Kier alpha value is -0.640. The summed E-state index contributed by atoms with van der Waals surface area (Å²) in [7, 11) is 0. The van der Waals surface area contributed by atoms with E-state index in [1.165, 1.54) is 6.07 Å². The summed E-state index contributed by atoms with van der Waals surface area (Å²) in [5, 5.41) is 12.0. The van der Waals surface area contributed by atoms with Gasteiger partial charge >= 0.3 is 0 Å². The molecule has 0 bridgehead atoms. The number of hydrogen-bond acceptors (Lipinski definition) is 2. The summed E-state index contributed by atoms with van der Waals surface area (Å²) < 4.78 is 12.9. The molecule has 0 spiro atoms. The Morgan fingerprint density at radius 2 is 2.27 bits per heavy atom. The third-order valence-electron chi connectivity index (χ3n) is 2.23. The molecule has 1 atom stereocenters. The van der Waals surface area contributed by atoms with Crippen molar-refractivity contribution in [2.24, 2.45) is 0 Å². The van der Waals surface area contributed by atoms with Crippen molar-refractivity contribution in [3.63, 3.8) is 0 Å². The van der Waals surface area contributed by atoms with Gasteiger partial charge in [0.25, 0.3) is 0 Å². The highest BCUT2D eigenvalue weighted by Crippen LogP contribution is 2.20. The summed E-state index contributed by atoms with van der Waals surface area (Å²) in [6.07, 6.45) is 0.708. The van der Waals surface area contributed by atoms with Crippen molar-refractivity contribution >= 4 is 11.6 Å². The van der Waals surface area contributed by atoms with Crippen LogP contribution >= 0.6 is 11.6 Å². The van der Waals surface area contributed by atoms with Crippen LogP contribution in [-0.4, -0.2) is 18.3 Å². The van der Waals surface area contributed by atoms with Crippen LogP contribution in [0.5, 0.6) is 0 Å². The number of benzene rings is 1. The minimum atomic E-state index is -0.400. The molecule has 2 N–H and O–H groups in total. The molecule has 2 nitrogen and oxygen atoms in total. The molecule has 1 aromatic carbocycles. The van der Waals surface area contributed by atoms with E-state index in [9.17, 15) is 4.39 Å². The van der Waals surface area contributed by atoms with Gasteiger partial charge in [-0.15, -0.1) is 0 Å². The van der Waals surface area contributed by atoms with Gasteiger partial charge in [-0.2, -0.15) is 0 Å². The highest BCUT2D eigenvalue weighted by Gasteiger charge is 2.07. The Balaban J connectivity index is 2.57. The summed E-state index contributed by atoms with van der Waals surface area (Å²) in [5.41, 5.74) is 0.944. The molecule has 15 heavy (non-hydrogen) atoms. The number of aliphatic hydroxyl groups excluding tert-OH is 1. The quantitative estimate of drug-likeness (QED) is 0.764. The number of nitrogens with one attached hydrogen (secondary N) is 1. The van der Waals surface area contributed by atoms with Crippen LogP contribution in [-0.2, 0) is 0 Å². The minimum absolute atomic E-state index is 0.106. The van der Waals surface area contributed by atoms with Gasteiger partial charge in [0.15, 0.2) is 0 Å². The van der Waals surface area contributed by atoms with Gasteiger partial charge in [-0.3, -0.25) is 0 Å². The van der Waals surface area contributed by atoms with Crippen molar-refractivity contribution in [1.82, 2.24) is 5.32 Å². The van der Waals surface area contributed by atoms with E-state index in [1.54, 1.807) is 12.1 Å². The highest BCUT2D eigenvalue weighted by molar-refractivity contribution is 6.30. The Labute approximate surface area is 94.1 Å². The van der Waals surface area contributed by atoms with Crippen molar-refractivity contribution in [3.8, 4) is 0 Å². The summed E-state index contributed by atoms with van der Waals surface area (Å²) in [6, 6.07) is 4.79. The van der Waals surface area contributed by atoms with Gasteiger partial charge in [0.05, 0.1) is 5.02 Å². The molecule has 0 aliphatic heterocycles. The van der Waals surface area contributed by atoms with Crippen LogP contribution in [0, 0.1) is 5.82 Å². The first kappa shape index (κ1) is 12.4. The number of halogens is 2. The van der Waals surface area contributed by atoms with Gasteiger partial charge < -0.3 is 10.4 Å². The molecule has 1 aromatic rings. The van der Waals surface area contributed by atoms with Gasteiger partial charge in [0.1, 0.15) is 5.82 Å². The summed E-state index contributed by atoms with van der Waals surface area (Å²) in [6.45, 7) is 2.87. The van der Waals surface area contributed by atoms with Crippen molar-refractivity contribution in [2.75, 3.05) is 13.2 Å². The largest absolute Gasteiger partial charge is 0.396 e. The van der Waals surface area contributed by atoms with Crippen LogP contribution in [0.4, 0.5) is 4.39 Å². The topological polar surface area (TPSA) is 32.3 Å².